The first-order valence-electron chi connectivity index (χ1n) is 12.4. The molecule has 2 fully saturated rings. The average molecular weight is 523 g/mol. The van der Waals surface area contributed by atoms with Gasteiger partial charge in [0.05, 0.1) is 5.56 Å². The van der Waals surface area contributed by atoms with Crippen molar-refractivity contribution in [2.24, 2.45) is 0 Å². The highest BCUT2D eigenvalue weighted by molar-refractivity contribution is 7.89. The van der Waals surface area contributed by atoms with Crippen LogP contribution in [0.1, 0.15) is 37.0 Å². The zero-order valence-corrected chi connectivity index (χ0v) is 22.1. The van der Waals surface area contributed by atoms with Crippen LogP contribution in [0.5, 0.6) is 0 Å². The van der Waals surface area contributed by atoms with Crippen LogP contribution < -0.4 is 4.90 Å². The van der Waals surface area contributed by atoms with E-state index < -0.39 is 10.0 Å². The van der Waals surface area contributed by atoms with Crippen molar-refractivity contribution < 1.29 is 13.2 Å². The highest BCUT2D eigenvalue weighted by Crippen LogP contribution is 2.25. The largest absolute Gasteiger partial charge is 0.369 e. The van der Waals surface area contributed by atoms with Crippen molar-refractivity contribution in [2.75, 3.05) is 63.8 Å². The maximum Gasteiger partial charge on any atom is 0.263 e. The molecule has 35 heavy (non-hydrogen) atoms. The van der Waals surface area contributed by atoms with Crippen molar-refractivity contribution in [3.63, 3.8) is 0 Å². The number of halogens is 1. The molecule has 1 aromatic heterocycles. The number of sulfonamides is 1. The Labute approximate surface area is 213 Å². The molecule has 0 atom stereocenters. The van der Waals surface area contributed by atoms with E-state index in [2.05, 4.69) is 21.8 Å². The van der Waals surface area contributed by atoms with Gasteiger partial charge in [0, 0.05) is 75.8 Å². The number of carbonyl (C=O) groups is 1. The molecule has 2 aliphatic heterocycles. The molecule has 192 valence electrons. The van der Waals surface area contributed by atoms with Gasteiger partial charge in [0.25, 0.3) is 15.9 Å². The first kappa shape index (κ1) is 25.9. The molecule has 3 heterocycles. The van der Waals surface area contributed by atoms with E-state index in [-0.39, 0.29) is 16.5 Å². The van der Waals surface area contributed by atoms with E-state index in [1.165, 1.54) is 4.31 Å². The molecule has 0 saturated carbocycles. The van der Waals surface area contributed by atoms with Gasteiger partial charge in [-0.3, -0.25) is 14.4 Å². The van der Waals surface area contributed by atoms with E-state index in [9.17, 15) is 13.2 Å². The predicted molar refractivity (Wildman–Crippen MR) is 138 cm³/mol. The number of rotatable bonds is 8. The molecule has 11 heteroatoms. The van der Waals surface area contributed by atoms with Gasteiger partial charge in [0.2, 0.25) is 5.03 Å². The lowest BCUT2D eigenvalue weighted by Crippen LogP contribution is -2.50. The molecular weight excluding hydrogens is 488 g/mol. The molecule has 0 aliphatic carbocycles. The molecule has 2 saturated heterocycles. The van der Waals surface area contributed by atoms with Crippen LogP contribution in [-0.2, 0) is 16.6 Å². The molecule has 1 aromatic carbocycles. The summed E-state index contributed by atoms with van der Waals surface area (Å²) in [5, 5.41) is 4.92. The molecule has 9 nitrogen and oxygen atoms in total. The van der Waals surface area contributed by atoms with Crippen LogP contribution >= 0.6 is 11.6 Å². The Hall–Kier alpha value is -2.14. The summed E-state index contributed by atoms with van der Waals surface area (Å²) in [5.41, 5.74) is 1.15. The van der Waals surface area contributed by atoms with Gasteiger partial charge in [-0.15, -0.1) is 0 Å². The van der Waals surface area contributed by atoms with Gasteiger partial charge in [-0.2, -0.15) is 9.40 Å². The number of nitrogens with zero attached hydrogens (tertiary/aromatic N) is 6. The van der Waals surface area contributed by atoms with Crippen LogP contribution in [0.4, 0.5) is 5.69 Å². The average Bonchev–Trinajstić information content (AvgIpc) is 3.29. The van der Waals surface area contributed by atoms with Crippen LogP contribution in [-0.4, -0.2) is 97.1 Å². The van der Waals surface area contributed by atoms with E-state index in [0.29, 0.717) is 50.8 Å². The third-order valence-corrected chi connectivity index (χ3v) is 8.68. The van der Waals surface area contributed by atoms with Gasteiger partial charge in [-0.1, -0.05) is 31.5 Å². The first-order chi connectivity index (χ1) is 16.8. The second-order valence-corrected chi connectivity index (χ2v) is 11.4. The standard InChI is InChI=1S/C24H35ClN6O3S/c1-3-8-27-10-12-29(13-11-27)24(32)22-19-30(9-4-2)26-23(22)35(33,34)31-16-14-28(15-17-31)21-7-5-6-20(25)18-21/h5-7,18-19H,3-4,8-17H2,1-2H3. The van der Waals surface area contributed by atoms with Gasteiger partial charge in [0.1, 0.15) is 0 Å². The molecule has 0 spiro atoms. The Morgan fingerprint density at radius 3 is 2.29 bits per heavy atom. The summed E-state index contributed by atoms with van der Waals surface area (Å²) in [4.78, 5) is 19.7. The smallest absolute Gasteiger partial charge is 0.263 e. The third kappa shape index (κ3) is 5.82. The fourth-order valence-electron chi connectivity index (χ4n) is 4.73. The molecule has 0 bridgehead atoms. The van der Waals surface area contributed by atoms with Crippen LogP contribution in [0.2, 0.25) is 5.02 Å². The van der Waals surface area contributed by atoms with Crippen molar-refractivity contribution in [3.05, 3.63) is 41.0 Å². The van der Waals surface area contributed by atoms with Crippen LogP contribution in [0.3, 0.4) is 0 Å². The maximum atomic E-state index is 13.7. The van der Waals surface area contributed by atoms with Crippen LogP contribution in [0.15, 0.2) is 35.5 Å². The molecule has 0 radical (unpaired) electrons. The van der Waals surface area contributed by atoms with Gasteiger partial charge in [0.15, 0.2) is 0 Å². The number of hydrogen-bond donors (Lipinski definition) is 0. The van der Waals surface area contributed by atoms with Crippen molar-refractivity contribution >= 4 is 33.2 Å². The minimum Gasteiger partial charge on any atom is -0.369 e. The van der Waals surface area contributed by atoms with Crippen molar-refractivity contribution in [1.29, 1.82) is 0 Å². The van der Waals surface area contributed by atoms with Crippen molar-refractivity contribution in [2.45, 2.75) is 38.3 Å². The number of aromatic nitrogens is 2. The lowest BCUT2D eigenvalue weighted by Gasteiger charge is -2.35. The van der Waals surface area contributed by atoms with Crippen molar-refractivity contribution in [1.82, 2.24) is 23.9 Å². The predicted octanol–water partition coefficient (Wildman–Crippen LogP) is 2.63. The number of benzene rings is 1. The molecular formula is C24H35ClN6O3S. The lowest BCUT2D eigenvalue weighted by molar-refractivity contribution is 0.0633. The summed E-state index contributed by atoms with van der Waals surface area (Å²) in [6.45, 7) is 10.2. The summed E-state index contributed by atoms with van der Waals surface area (Å²) in [5.74, 6) is -0.250. The number of hydrogen-bond acceptors (Lipinski definition) is 6. The quantitative estimate of drug-likeness (QED) is 0.530. The highest BCUT2D eigenvalue weighted by atomic mass is 35.5. The van der Waals surface area contributed by atoms with Crippen LogP contribution in [0, 0.1) is 0 Å². The van der Waals surface area contributed by atoms with Crippen molar-refractivity contribution in [3.8, 4) is 0 Å². The highest BCUT2D eigenvalue weighted by Gasteiger charge is 2.36. The normalized spacial score (nSPS) is 18.3. The zero-order chi connectivity index (χ0) is 25.0. The minimum atomic E-state index is -3.92. The Kier molecular flexibility index (Phi) is 8.36. The van der Waals surface area contributed by atoms with E-state index >= 15 is 0 Å². The SMILES string of the molecule is CCCN1CCN(C(=O)c2cn(CCC)nc2S(=O)(=O)N2CCN(c3cccc(Cl)c3)CC2)CC1. The zero-order valence-electron chi connectivity index (χ0n) is 20.6. The minimum absolute atomic E-state index is 0.122. The maximum absolute atomic E-state index is 13.7. The van der Waals surface area contributed by atoms with Gasteiger partial charge in [-0.25, -0.2) is 8.42 Å². The van der Waals surface area contributed by atoms with Gasteiger partial charge < -0.3 is 9.80 Å². The van der Waals surface area contributed by atoms with Gasteiger partial charge in [-0.05, 0) is 37.6 Å². The molecule has 1 amide bonds. The molecule has 0 N–H and O–H groups in total. The molecule has 0 unspecified atom stereocenters. The molecule has 2 aliphatic rings. The number of piperazine rings is 2. The van der Waals surface area contributed by atoms with E-state index in [0.717, 1.165) is 38.2 Å². The number of carbonyl (C=O) groups excluding carboxylic acids is 1. The number of amides is 1. The molecule has 2 aromatic rings. The summed E-state index contributed by atoms with van der Waals surface area (Å²) >= 11 is 6.13. The fourth-order valence-corrected chi connectivity index (χ4v) is 6.43. The topological polar surface area (TPSA) is 82.0 Å². The number of anilines is 1. The Bertz CT molecular complexity index is 1120. The van der Waals surface area contributed by atoms with E-state index in [4.69, 9.17) is 11.6 Å². The monoisotopic (exact) mass is 522 g/mol. The summed E-state index contributed by atoms with van der Waals surface area (Å²) in [6.07, 6.45) is 3.48. The summed E-state index contributed by atoms with van der Waals surface area (Å²) in [7, 11) is -3.92. The third-order valence-electron chi connectivity index (χ3n) is 6.61. The Morgan fingerprint density at radius 2 is 1.66 bits per heavy atom. The first-order valence-corrected chi connectivity index (χ1v) is 14.2. The summed E-state index contributed by atoms with van der Waals surface area (Å²) in [6, 6.07) is 7.57. The second kappa shape index (κ2) is 11.3. The Balaban J connectivity index is 1.52. The Morgan fingerprint density at radius 1 is 0.971 bits per heavy atom. The summed E-state index contributed by atoms with van der Waals surface area (Å²) < 4.78 is 30.4. The van der Waals surface area contributed by atoms with E-state index in [1.807, 2.05) is 31.2 Å². The molecule has 4 rings (SSSR count). The van der Waals surface area contributed by atoms with Crippen LogP contribution in [0.25, 0.3) is 0 Å². The fraction of sp³-hybridized carbons (Fsp3) is 0.583. The van der Waals surface area contributed by atoms with E-state index in [1.54, 1.807) is 15.8 Å². The van der Waals surface area contributed by atoms with Gasteiger partial charge >= 0.3 is 0 Å². The second-order valence-electron chi connectivity index (χ2n) is 9.12. The lowest BCUT2D eigenvalue weighted by atomic mass is 10.2. The number of aryl methyl sites for hydroxylation is 1.